The Morgan fingerprint density at radius 2 is 2.07 bits per heavy atom. The molecule has 0 radical (unpaired) electrons. The molecule has 1 rings (SSSR count). The molecule has 0 atom stereocenters. The molecule has 0 aliphatic carbocycles. The first-order chi connectivity index (χ1) is 6.40. The monoisotopic (exact) mass is 256 g/mol. The summed E-state index contributed by atoms with van der Waals surface area (Å²) in [5.74, 6) is 0. The number of pyridine rings is 1. The Bertz CT molecular complexity index is 304. The predicted molar refractivity (Wildman–Crippen MR) is 64.7 cm³/mol. The fourth-order valence-corrected chi connectivity index (χ4v) is 2.03. The zero-order valence-electron chi connectivity index (χ0n) is 9.21. The summed E-state index contributed by atoms with van der Waals surface area (Å²) in [5, 5.41) is 0. The number of aromatic nitrogens is 1. The quantitative estimate of drug-likeness (QED) is 0.807. The summed E-state index contributed by atoms with van der Waals surface area (Å²) in [6.45, 7) is 7.73. The smallest absolute Gasteiger partial charge is 0.0592 e. The molecule has 0 aromatic carbocycles. The minimum Gasteiger partial charge on any atom is -0.373 e. The molecule has 2 nitrogen and oxygen atoms in total. The fourth-order valence-electron chi connectivity index (χ4n) is 1.47. The van der Waals surface area contributed by atoms with Gasteiger partial charge in [0.05, 0.1) is 10.2 Å². The van der Waals surface area contributed by atoms with E-state index in [0.717, 1.165) is 11.0 Å². The number of anilines is 1. The summed E-state index contributed by atoms with van der Waals surface area (Å²) in [5.41, 5.74) is 1.49. The van der Waals surface area contributed by atoms with Crippen LogP contribution in [0.1, 0.15) is 20.8 Å². The summed E-state index contributed by atoms with van der Waals surface area (Å²) >= 11 is 3.50. The lowest BCUT2D eigenvalue weighted by atomic mass is 9.96. The number of rotatable bonds is 2. The van der Waals surface area contributed by atoms with E-state index in [-0.39, 0.29) is 0 Å². The Morgan fingerprint density at radius 3 is 2.57 bits per heavy atom. The SMILES string of the molecule is CN(CC(C)(C)C)c1ccncc1Br. The van der Waals surface area contributed by atoms with Crippen LogP contribution in [0.25, 0.3) is 0 Å². The van der Waals surface area contributed by atoms with Crippen molar-refractivity contribution in [1.82, 2.24) is 4.98 Å². The molecule has 0 spiro atoms. The van der Waals surface area contributed by atoms with Gasteiger partial charge in [0.2, 0.25) is 0 Å². The molecule has 0 amide bonds. The van der Waals surface area contributed by atoms with Crippen LogP contribution in [-0.2, 0) is 0 Å². The van der Waals surface area contributed by atoms with Crippen LogP contribution in [0.3, 0.4) is 0 Å². The van der Waals surface area contributed by atoms with Crippen molar-refractivity contribution in [2.75, 3.05) is 18.5 Å². The molecule has 0 aliphatic rings. The first-order valence-electron chi connectivity index (χ1n) is 4.71. The van der Waals surface area contributed by atoms with E-state index in [2.05, 4.69) is 53.6 Å². The normalized spacial score (nSPS) is 11.5. The molecule has 0 unspecified atom stereocenters. The molecule has 3 heteroatoms. The molecule has 78 valence electrons. The van der Waals surface area contributed by atoms with Crippen molar-refractivity contribution in [2.24, 2.45) is 5.41 Å². The standard InChI is InChI=1S/C11H17BrN2/c1-11(2,3)8-14(4)10-5-6-13-7-9(10)12/h5-7H,8H2,1-4H3. The van der Waals surface area contributed by atoms with Crippen LogP contribution in [0.15, 0.2) is 22.9 Å². The van der Waals surface area contributed by atoms with Crippen molar-refractivity contribution in [3.63, 3.8) is 0 Å². The van der Waals surface area contributed by atoms with Crippen LogP contribution in [0.4, 0.5) is 5.69 Å². The van der Waals surface area contributed by atoms with E-state index in [4.69, 9.17) is 0 Å². The average molecular weight is 257 g/mol. The second kappa shape index (κ2) is 4.30. The highest BCUT2D eigenvalue weighted by Crippen LogP contribution is 2.26. The summed E-state index contributed by atoms with van der Waals surface area (Å²) in [6.07, 6.45) is 3.65. The Balaban J connectivity index is 2.80. The summed E-state index contributed by atoms with van der Waals surface area (Å²) in [6, 6.07) is 2.02. The van der Waals surface area contributed by atoms with Crippen LogP contribution in [-0.4, -0.2) is 18.6 Å². The van der Waals surface area contributed by atoms with Crippen molar-refractivity contribution < 1.29 is 0 Å². The van der Waals surface area contributed by atoms with E-state index in [9.17, 15) is 0 Å². The maximum atomic E-state index is 4.05. The average Bonchev–Trinajstić information content (AvgIpc) is 2.01. The van der Waals surface area contributed by atoms with Gasteiger partial charge >= 0.3 is 0 Å². The van der Waals surface area contributed by atoms with Gasteiger partial charge in [0, 0.05) is 26.0 Å². The van der Waals surface area contributed by atoms with Crippen LogP contribution in [0.2, 0.25) is 0 Å². The van der Waals surface area contributed by atoms with Crippen LogP contribution < -0.4 is 4.90 Å². The number of hydrogen-bond acceptors (Lipinski definition) is 2. The molecule has 0 fully saturated rings. The van der Waals surface area contributed by atoms with Crippen LogP contribution in [0, 0.1) is 5.41 Å². The molecule has 1 aromatic rings. The number of hydrogen-bond donors (Lipinski definition) is 0. The zero-order chi connectivity index (χ0) is 10.8. The first kappa shape index (κ1) is 11.5. The number of nitrogens with zero attached hydrogens (tertiary/aromatic N) is 2. The Morgan fingerprint density at radius 1 is 1.43 bits per heavy atom. The molecule has 14 heavy (non-hydrogen) atoms. The second-order valence-corrected chi connectivity index (χ2v) is 5.60. The van der Waals surface area contributed by atoms with E-state index < -0.39 is 0 Å². The maximum Gasteiger partial charge on any atom is 0.0592 e. The van der Waals surface area contributed by atoms with Gasteiger partial charge in [0.1, 0.15) is 0 Å². The van der Waals surface area contributed by atoms with Gasteiger partial charge in [-0.1, -0.05) is 20.8 Å². The predicted octanol–water partition coefficient (Wildman–Crippen LogP) is 3.33. The lowest BCUT2D eigenvalue weighted by Gasteiger charge is -2.28. The van der Waals surface area contributed by atoms with Crippen molar-refractivity contribution in [1.29, 1.82) is 0 Å². The highest BCUT2D eigenvalue weighted by Gasteiger charge is 2.15. The minimum absolute atomic E-state index is 0.303. The molecule has 1 heterocycles. The van der Waals surface area contributed by atoms with Gasteiger partial charge in [-0.15, -0.1) is 0 Å². The third-order valence-electron chi connectivity index (χ3n) is 1.87. The topological polar surface area (TPSA) is 16.1 Å². The largest absolute Gasteiger partial charge is 0.373 e. The molecule has 0 N–H and O–H groups in total. The summed E-state index contributed by atoms with van der Waals surface area (Å²) in [7, 11) is 2.10. The zero-order valence-corrected chi connectivity index (χ0v) is 10.8. The third kappa shape index (κ3) is 3.29. The van der Waals surface area contributed by atoms with E-state index in [0.29, 0.717) is 5.41 Å². The van der Waals surface area contributed by atoms with Crippen LogP contribution >= 0.6 is 15.9 Å². The van der Waals surface area contributed by atoms with Gasteiger partial charge in [0.15, 0.2) is 0 Å². The molecular formula is C11H17BrN2. The lowest BCUT2D eigenvalue weighted by molar-refractivity contribution is 0.419. The second-order valence-electron chi connectivity index (χ2n) is 4.74. The van der Waals surface area contributed by atoms with Crippen molar-refractivity contribution >= 4 is 21.6 Å². The Labute approximate surface area is 94.5 Å². The third-order valence-corrected chi connectivity index (χ3v) is 2.48. The maximum absolute atomic E-state index is 4.05. The van der Waals surface area contributed by atoms with Gasteiger partial charge in [-0.3, -0.25) is 4.98 Å². The highest BCUT2D eigenvalue weighted by atomic mass is 79.9. The molecule has 0 aliphatic heterocycles. The summed E-state index contributed by atoms with van der Waals surface area (Å²) in [4.78, 5) is 6.29. The molecule has 0 bridgehead atoms. The Kier molecular flexibility index (Phi) is 3.53. The van der Waals surface area contributed by atoms with E-state index >= 15 is 0 Å². The van der Waals surface area contributed by atoms with Gasteiger partial charge in [-0.05, 0) is 27.4 Å². The van der Waals surface area contributed by atoms with Crippen molar-refractivity contribution in [3.8, 4) is 0 Å². The van der Waals surface area contributed by atoms with Gasteiger partial charge in [-0.2, -0.15) is 0 Å². The highest BCUT2D eigenvalue weighted by molar-refractivity contribution is 9.10. The lowest BCUT2D eigenvalue weighted by Crippen LogP contribution is -2.29. The van der Waals surface area contributed by atoms with Crippen molar-refractivity contribution in [3.05, 3.63) is 22.9 Å². The molecule has 0 saturated carbocycles. The van der Waals surface area contributed by atoms with Gasteiger partial charge in [-0.25, -0.2) is 0 Å². The minimum atomic E-state index is 0.303. The Hall–Kier alpha value is -0.570. The van der Waals surface area contributed by atoms with Gasteiger partial charge < -0.3 is 4.90 Å². The number of halogens is 1. The van der Waals surface area contributed by atoms with E-state index in [1.165, 1.54) is 5.69 Å². The van der Waals surface area contributed by atoms with E-state index in [1.807, 2.05) is 18.5 Å². The van der Waals surface area contributed by atoms with Gasteiger partial charge in [0.25, 0.3) is 0 Å². The van der Waals surface area contributed by atoms with Crippen molar-refractivity contribution in [2.45, 2.75) is 20.8 Å². The van der Waals surface area contributed by atoms with Crippen LogP contribution in [0.5, 0.6) is 0 Å². The molecular weight excluding hydrogens is 240 g/mol. The van der Waals surface area contributed by atoms with E-state index in [1.54, 1.807) is 0 Å². The summed E-state index contributed by atoms with van der Waals surface area (Å²) < 4.78 is 1.05. The fraction of sp³-hybridized carbons (Fsp3) is 0.545. The molecule has 0 saturated heterocycles. The molecule has 1 aromatic heterocycles. The first-order valence-corrected chi connectivity index (χ1v) is 5.50.